The zero-order chi connectivity index (χ0) is 23.7. The maximum absolute atomic E-state index is 13.4. The molecule has 34 heavy (non-hydrogen) atoms. The fraction of sp³-hybridized carbons (Fsp3) is 0.520. The summed E-state index contributed by atoms with van der Waals surface area (Å²) in [5.74, 6) is 1.44. The van der Waals surface area contributed by atoms with Crippen molar-refractivity contribution in [3.63, 3.8) is 0 Å². The van der Waals surface area contributed by atoms with Crippen LogP contribution in [-0.2, 0) is 4.79 Å². The van der Waals surface area contributed by atoms with Crippen molar-refractivity contribution in [2.24, 2.45) is 11.8 Å². The van der Waals surface area contributed by atoms with Crippen LogP contribution in [-0.4, -0.2) is 49.6 Å². The van der Waals surface area contributed by atoms with Crippen LogP contribution in [0, 0.1) is 18.8 Å². The van der Waals surface area contributed by atoms with E-state index in [-0.39, 0.29) is 17.9 Å². The van der Waals surface area contributed by atoms with E-state index in [0.29, 0.717) is 59.6 Å². The molecule has 1 atom stereocenters. The van der Waals surface area contributed by atoms with Gasteiger partial charge >= 0.3 is 0 Å². The molecule has 0 spiro atoms. The molecule has 1 amide bonds. The first-order valence-corrected chi connectivity index (χ1v) is 12.9. The number of nitrogens with zero attached hydrogens (tertiary/aromatic N) is 5. The maximum Gasteiger partial charge on any atom is 0.274 e. The monoisotopic (exact) mass is 478 g/mol. The first-order valence-electron chi connectivity index (χ1n) is 12.1. The number of Topliss-reactive ketones (excluding diaryl/α,β-unsaturated/α-hetero) is 1. The number of nitrogens with one attached hydrogen (secondary N) is 1. The summed E-state index contributed by atoms with van der Waals surface area (Å²) in [6.07, 6.45) is 9.71. The third kappa shape index (κ3) is 4.94. The molecular weight excluding hydrogens is 448 g/mol. The average Bonchev–Trinajstić information content (AvgIpc) is 3.44. The summed E-state index contributed by atoms with van der Waals surface area (Å²) in [6, 6.07) is 3.79. The van der Waals surface area contributed by atoms with Gasteiger partial charge in [-0.15, -0.1) is 11.3 Å². The van der Waals surface area contributed by atoms with Crippen molar-refractivity contribution in [3.8, 4) is 0 Å². The van der Waals surface area contributed by atoms with E-state index in [1.54, 1.807) is 17.3 Å². The predicted molar refractivity (Wildman–Crippen MR) is 132 cm³/mol. The number of hydrogen-bond donors (Lipinski definition) is 1. The number of anilines is 1. The number of carbonyl (C=O) groups is 2. The van der Waals surface area contributed by atoms with E-state index in [2.05, 4.69) is 25.3 Å². The summed E-state index contributed by atoms with van der Waals surface area (Å²) in [5.41, 5.74) is 1.92. The van der Waals surface area contributed by atoms with Gasteiger partial charge in [0.1, 0.15) is 10.5 Å². The highest BCUT2D eigenvalue weighted by atomic mass is 32.1. The largest absolute Gasteiger partial charge is 0.348 e. The molecule has 0 aromatic carbocycles. The molecule has 3 aromatic heterocycles. The fourth-order valence-electron chi connectivity index (χ4n) is 5.00. The second kappa shape index (κ2) is 9.74. The lowest BCUT2D eigenvalue weighted by Crippen LogP contribution is -2.50. The molecule has 9 heteroatoms. The van der Waals surface area contributed by atoms with Crippen molar-refractivity contribution >= 4 is 39.3 Å². The van der Waals surface area contributed by atoms with E-state index in [0.717, 1.165) is 10.6 Å². The molecule has 1 aliphatic carbocycles. The Labute approximate surface area is 203 Å². The molecule has 2 aliphatic rings. The summed E-state index contributed by atoms with van der Waals surface area (Å²) >= 11 is 1.44. The number of thiazole rings is 1. The Bertz CT molecular complexity index is 1180. The Morgan fingerprint density at radius 2 is 1.91 bits per heavy atom. The summed E-state index contributed by atoms with van der Waals surface area (Å²) in [4.78, 5) is 45.4. The molecule has 3 aromatic rings. The van der Waals surface area contributed by atoms with Crippen LogP contribution in [0.1, 0.15) is 72.6 Å². The van der Waals surface area contributed by atoms with Gasteiger partial charge in [-0.05, 0) is 31.4 Å². The molecular formula is C25H30N6O2S. The Hall–Kier alpha value is -2.94. The van der Waals surface area contributed by atoms with Crippen molar-refractivity contribution < 1.29 is 9.59 Å². The van der Waals surface area contributed by atoms with E-state index >= 15 is 0 Å². The van der Waals surface area contributed by atoms with Crippen LogP contribution in [0.5, 0.6) is 0 Å². The number of amides is 1. The molecule has 178 valence electrons. The second-order valence-corrected chi connectivity index (χ2v) is 10.8. The van der Waals surface area contributed by atoms with Gasteiger partial charge in [-0.25, -0.2) is 9.97 Å². The molecule has 1 aliphatic heterocycles. The number of carbonyl (C=O) groups excluding carboxylic acids is 2. The van der Waals surface area contributed by atoms with Crippen LogP contribution in [0.15, 0.2) is 24.5 Å². The highest BCUT2D eigenvalue weighted by molar-refractivity contribution is 7.18. The molecule has 1 saturated heterocycles. The van der Waals surface area contributed by atoms with Crippen LogP contribution >= 0.6 is 11.3 Å². The summed E-state index contributed by atoms with van der Waals surface area (Å²) < 4.78 is 0.711. The van der Waals surface area contributed by atoms with Gasteiger partial charge < -0.3 is 10.2 Å². The van der Waals surface area contributed by atoms with Crippen LogP contribution in [0.25, 0.3) is 10.3 Å². The third-order valence-corrected chi connectivity index (χ3v) is 7.81. The smallest absolute Gasteiger partial charge is 0.274 e. The minimum absolute atomic E-state index is 0.0758. The van der Waals surface area contributed by atoms with Crippen molar-refractivity contribution in [1.29, 1.82) is 0 Å². The highest BCUT2D eigenvalue weighted by Crippen LogP contribution is 2.31. The van der Waals surface area contributed by atoms with E-state index in [1.807, 2.05) is 26.0 Å². The summed E-state index contributed by atoms with van der Waals surface area (Å²) in [7, 11) is 0. The van der Waals surface area contributed by atoms with Crippen molar-refractivity contribution in [3.05, 3.63) is 40.8 Å². The van der Waals surface area contributed by atoms with E-state index in [9.17, 15) is 9.59 Å². The van der Waals surface area contributed by atoms with Gasteiger partial charge in [0.05, 0.1) is 11.0 Å². The molecule has 0 radical (unpaired) electrons. The number of likely N-dealkylation sites (tertiary alicyclic amines) is 1. The van der Waals surface area contributed by atoms with Gasteiger partial charge in [-0.3, -0.25) is 14.6 Å². The first-order chi connectivity index (χ1) is 16.5. The normalized spacial score (nSPS) is 17.6. The lowest BCUT2D eigenvalue weighted by molar-refractivity contribution is -0.121. The lowest BCUT2D eigenvalue weighted by atomic mass is 9.90. The van der Waals surface area contributed by atoms with Gasteiger partial charge in [0, 0.05) is 44.2 Å². The number of ketones is 1. The Kier molecular flexibility index (Phi) is 6.54. The van der Waals surface area contributed by atoms with Gasteiger partial charge in [-0.1, -0.05) is 31.7 Å². The minimum Gasteiger partial charge on any atom is -0.348 e. The quantitative estimate of drug-likeness (QED) is 0.506. The molecule has 5 rings (SSSR count). The number of fused-ring (bicyclic) bond motifs is 1. The summed E-state index contributed by atoms with van der Waals surface area (Å²) in [5, 5.41) is 4.13. The molecule has 2 fully saturated rings. The Balaban J connectivity index is 1.27. The second-order valence-electron chi connectivity index (χ2n) is 9.61. The van der Waals surface area contributed by atoms with E-state index in [4.69, 9.17) is 0 Å². The third-order valence-electron chi connectivity index (χ3n) is 6.85. The topological polar surface area (TPSA) is 101 Å². The number of aromatic nitrogens is 4. The zero-order valence-electron chi connectivity index (χ0n) is 19.7. The predicted octanol–water partition coefficient (Wildman–Crippen LogP) is 4.57. The van der Waals surface area contributed by atoms with Gasteiger partial charge in [0.2, 0.25) is 5.95 Å². The summed E-state index contributed by atoms with van der Waals surface area (Å²) in [6.45, 7) is 5.11. The van der Waals surface area contributed by atoms with Crippen molar-refractivity contribution in [1.82, 2.24) is 24.8 Å². The van der Waals surface area contributed by atoms with E-state index in [1.165, 1.54) is 37.0 Å². The molecule has 4 heterocycles. The molecule has 8 nitrogen and oxygen atoms in total. The molecule has 1 saturated carbocycles. The van der Waals surface area contributed by atoms with Gasteiger partial charge in [-0.2, -0.15) is 4.98 Å². The van der Waals surface area contributed by atoms with Crippen LogP contribution in [0.2, 0.25) is 0 Å². The average molecular weight is 479 g/mol. The zero-order valence-corrected chi connectivity index (χ0v) is 20.5. The molecule has 1 N–H and O–H groups in total. The number of hydrogen-bond acceptors (Lipinski definition) is 8. The van der Waals surface area contributed by atoms with Gasteiger partial charge in [0.25, 0.3) is 5.91 Å². The number of aryl methyl sites for hydroxylation is 1. The van der Waals surface area contributed by atoms with Crippen LogP contribution in [0.3, 0.4) is 0 Å². The maximum atomic E-state index is 13.4. The van der Waals surface area contributed by atoms with Crippen LogP contribution < -0.4 is 5.32 Å². The number of rotatable bonds is 8. The van der Waals surface area contributed by atoms with Gasteiger partial charge in [0.15, 0.2) is 11.3 Å². The van der Waals surface area contributed by atoms with Crippen molar-refractivity contribution in [2.45, 2.75) is 58.4 Å². The Morgan fingerprint density at radius 3 is 2.65 bits per heavy atom. The van der Waals surface area contributed by atoms with Crippen molar-refractivity contribution in [2.75, 3.05) is 18.4 Å². The molecule has 1 unspecified atom stereocenters. The Morgan fingerprint density at radius 1 is 1.15 bits per heavy atom. The lowest BCUT2D eigenvalue weighted by Gasteiger charge is -2.39. The standard InChI is InChI=1S/C25H30N6O2S/c1-15(19-8-5-9-26-12-19)27-25-29-21(22-23(30-25)28-16(2)34-22)24(33)31-13-18(14-31)11-20(32)10-17-6-3-4-7-17/h5,8-9,12,15,17-18H,3-4,6-7,10-11,13-14H2,1-2H3,(H,27,29,30). The first kappa shape index (κ1) is 22.8. The number of pyridine rings is 1. The minimum atomic E-state index is -0.118. The fourth-order valence-corrected chi connectivity index (χ4v) is 5.84. The molecule has 0 bridgehead atoms. The highest BCUT2D eigenvalue weighted by Gasteiger charge is 2.35. The van der Waals surface area contributed by atoms with Crippen LogP contribution in [0.4, 0.5) is 5.95 Å². The van der Waals surface area contributed by atoms with E-state index < -0.39 is 0 Å². The SMILES string of the molecule is Cc1nc2nc(NC(C)c3cccnc3)nc(C(=O)N3CC(CC(=O)CC4CCCC4)C3)c2s1.